The second kappa shape index (κ2) is 8.46. The number of rotatable bonds is 8. The largest absolute Gasteiger partial charge is 0.481 e. The molecule has 1 aromatic rings. The smallest absolute Gasteiger partial charge is 0.288 e. The van der Waals surface area contributed by atoms with Crippen molar-refractivity contribution in [2.24, 2.45) is 0 Å². The Morgan fingerprint density at radius 3 is 2.76 bits per heavy atom. The van der Waals surface area contributed by atoms with Crippen LogP contribution in [0.5, 0.6) is 5.75 Å². The number of amides is 1. The van der Waals surface area contributed by atoms with Gasteiger partial charge in [-0.25, -0.2) is 0 Å². The van der Waals surface area contributed by atoms with E-state index in [1.165, 1.54) is 18.2 Å². The maximum absolute atomic E-state index is 11.8. The molecule has 21 heavy (non-hydrogen) atoms. The van der Waals surface area contributed by atoms with Crippen molar-refractivity contribution in [1.29, 1.82) is 0 Å². The maximum atomic E-state index is 11.8. The molecule has 0 aliphatic carbocycles. The van der Waals surface area contributed by atoms with Gasteiger partial charge in [-0.2, -0.15) is 0 Å². The van der Waals surface area contributed by atoms with Crippen molar-refractivity contribution in [2.45, 2.75) is 39.2 Å². The van der Waals surface area contributed by atoms with Gasteiger partial charge in [-0.1, -0.05) is 31.4 Å². The highest BCUT2D eigenvalue weighted by Gasteiger charge is 2.17. The molecule has 1 rings (SSSR count). The van der Waals surface area contributed by atoms with E-state index in [-0.39, 0.29) is 16.6 Å². The van der Waals surface area contributed by atoms with Crippen molar-refractivity contribution in [3.63, 3.8) is 0 Å². The van der Waals surface area contributed by atoms with Gasteiger partial charge in [0.05, 0.1) is 4.92 Å². The summed E-state index contributed by atoms with van der Waals surface area (Å²) in [4.78, 5) is 21.9. The first-order chi connectivity index (χ1) is 9.95. The summed E-state index contributed by atoms with van der Waals surface area (Å²) in [7, 11) is 0. The third-order valence-corrected chi connectivity index (χ3v) is 3.18. The highest BCUT2D eigenvalue weighted by atomic mass is 35.5. The first-order valence-corrected chi connectivity index (χ1v) is 7.21. The van der Waals surface area contributed by atoms with Crippen LogP contribution in [0.1, 0.15) is 33.1 Å². The van der Waals surface area contributed by atoms with Crippen molar-refractivity contribution < 1.29 is 14.5 Å². The Hall–Kier alpha value is -1.82. The lowest BCUT2D eigenvalue weighted by atomic mass is 10.2. The molecule has 0 saturated carbocycles. The predicted octanol–water partition coefficient (Wildman–Crippen LogP) is 3.32. The van der Waals surface area contributed by atoms with Gasteiger partial charge in [0.2, 0.25) is 0 Å². The first-order valence-electron chi connectivity index (χ1n) is 6.84. The van der Waals surface area contributed by atoms with E-state index in [4.69, 9.17) is 16.3 Å². The zero-order valence-electron chi connectivity index (χ0n) is 12.1. The van der Waals surface area contributed by atoms with E-state index in [1.807, 2.05) is 0 Å². The van der Waals surface area contributed by atoms with Gasteiger partial charge in [0.15, 0.2) is 6.10 Å². The third-order valence-electron chi connectivity index (χ3n) is 2.88. The number of nitrogens with one attached hydrogen (secondary N) is 1. The zero-order chi connectivity index (χ0) is 15.8. The van der Waals surface area contributed by atoms with Crippen molar-refractivity contribution in [3.05, 3.63) is 33.3 Å². The Balaban J connectivity index is 2.54. The minimum atomic E-state index is -0.691. The molecule has 1 unspecified atom stereocenters. The van der Waals surface area contributed by atoms with Crippen LogP contribution in [0, 0.1) is 10.1 Å². The molecular weight excluding hydrogens is 296 g/mol. The molecule has 1 N–H and O–H groups in total. The van der Waals surface area contributed by atoms with Gasteiger partial charge >= 0.3 is 0 Å². The molecule has 0 radical (unpaired) electrons. The van der Waals surface area contributed by atoms with Gasteiger partial charge in [-0.05, 0) is 19.4 Å². The molecule has 1 amide bonds. The summed E-state index contributed by atoms with van der Waals surface area (Å²) in [6.45, 7) is 4.32. The summed E-state index contributed by atoms with van der Waals surface area (Å²) in [5, 5.41) is 13.4. The maximum Gasteiger partial charge on any atom is 0.288 e. The van der Waals surface area contributed by atoms with Gasteiger partial charge in [-0.3, -0.25) is 14.9 Å². The highest BCUT2D eigenvalue weighted by Crippen LogP contribution is 2.28. The lowest BCUT2D eigenvalue weighted by Crippen LogP contribution is -2.36. The van der Waals surface area contributed by atoms with Crippen LogP contribution in [0.25, 0.3) is 0 Å². The quantitative estimate of drug-likeness (QED) is 0.453. The second-order valence-corrected chi connectivity index (χ2v) is 5.04. The monoisotopic (exact) mass is 314 g/mol. The Kier molecular flexibility index (Phi) is 6.94. The van der Waals surface area contributed by atoms with Gasteiger partial charge in [-0.15, -0.1) is 0 Å². The molecule has 7 heteroatoms. The number of nitro groups is 1. The van der Waals surface area contributed by atoms with Gasteiger partial charge in [0.25, 0.3) is 11.6 Å². The number of carbonyl (C=O) groups excluding carboxylic acids is 1. The first kappa shape index (κ1) is 17.2. The third kappa shape index (κ3) is 5.59. The molecule has 6 nitrogen and oxygen atoms in total. The predicted molar refractivity (Wildman–Crippen MR) is 80.7 cm³/mol. The van der Waals surface area contributed by atoms with Crippen molar-refractivity contribution in [2.75, 3.05) is 6.54 Å². The summed E-state index contributed by atoms with van der Waals surface area (Å²) in [5.41, 5.74) is -0.194. The molecule has 116 valence electrons. The van der Waals surface area contributed by atoms with E-state index in [1.54, 1.807) is 6.92 Å². The number of nitro benzene ring substituents is 1. The molecule has 1 atom stereocenters. The molecule has 1 aromatic carbocycles. The molecule has 0 bridgehead atoms. The number of carbonyl (C=O) groups is 1. The second-order valence-electron chi connectivity index (χ2n) is 4.63. The average Bonchev–Trinajstić information content (AvgIpc) is 2.43. The standard InChI is InChI=1S/C14H19ClN2O4/c1-3-4-5-8-16-14(18)10(2)21-11-6-7-13(17(19)20)12(15)9-11/h6-7,9-10H,3-5,8H2,1-2H3,(H,16,18). The van der Waals surface area contributed by atoms with Crippen LogP contribution < -0.4 is 10.1 Å². The van der Waals surface area contributed by atoms with E-state index < -0.39 is 11.0 Å². The molecule has 0 aromatic heterocycles. The van der Waals surface area contributed by atoms with Gasteiger partial charge < -0.3 is 10.1 Å². The lowest BCUT2D eigenvalue weighted by molar-refractivity contribution is -0.384. The number of nitrogens with zero attached hydrogens (tertiary/aromatic N) is 1. The Morgan fingerprint density at radius 2 is 2.19 bits per heavy atom. The zero-order valence-corrected chi connectivity index (χ0v) is 12.9. The molecule has 0 aliphatic rings. The number of hydrogen-bond donors (Lipinski definition) is 1. The van der Waals surface area contributed by atoms with Gasteiger partial charge in [0, 0.05) is 18.7 Å². The summed E-state index contributed by atoms with van der Waals surface area (Å²) in [5.74, 6) is 0.0994. The number of ether oxygens (including phenoxy) is 1. The molecule has 0 heterocycles. The van der Waals surface area contributed by atoms with E-state index in [2.05, 4.69) is 12.2 Å². The summed E-state index contributed by atoms with van der Waals surface area (Å²) in [6, 6.07) is 4.01. The SMILES string of the molecule is CCCCCNC(=O)C(C)Oc1ccc([N+](=O)[O-])c(Cl)c1. The van der Waals surface area contributed by atoms with Crippen LogP contribution in [0.15, 0.2) is 18.2 Å². The van der Waals surface area contributed by atoms with Crippen molar-refractivity contribution >= 4 is 23.2 Å². The minimum Gasteiger partial charge on any atom is -0.481 e. The molecule has 0 saturated heterocycles. The molecule has 0 aliphatic heterocycles. The fourth-order valence-corrected chi connectivity index (χ4v) is 1.94. The van der Waals surface area contributed by atoms with Crippen LogP contribution in [0.2, 0.25) is 5.02 Å². The highest BCUT2D eigenvalue weighted by molar-refractivity contribution is 6.32. The van der Waals surface area contributed by atoms with Crippen LogP contribution in [-0.4, -0.2) is 23.5 Å². The van der Waals surface area contributed by atoms with Crippen molar-refractivity contribution in [1.82, 2.24) is 5.32 Å². The van der Waals surface area contributed by atoms with E-state index in [0.29, 0.717) is 12.3 Å². The molecule has 0 fully saturated rings. The topological polar surface area (TPSA) is 81.5 Å². The summed E-state index contributed by atoms with van der Waals surface area (Å²) < 4.78 is 5.43. The average molecular weight is 315 g/mol. The molecular formula is C14H19ClN2O4. The van der Waals surface area contributed by atoms with Crippen LogP contribution >= 0.6 is 11.6 Å². The number of unbranched alkanes of at least 4 members (excludes halogenated alkanes) is 2. The normalized spacial score (nSPS) is 11.8. The Labute approximate surface area is 128 Å². The summed E-state index contributed by atoms with van der Waals surface area (Å²) in [6.07, 6.45) is 2.39. The van der Waals surface area contributed by atoms with Gasteiger partial charge in [0.1, 0.15) is 10.8 Å². The number of halogens is 1. The number of benzene rings is 1. The minimum absolute atomic E-state index is 0.0203. The van der Waals surface area contributed by atoms with Crippen LogP contribution in [0.3, 0.4) is 0 Å². The Bertz CT molecular complexity index is 508. The van der Waals surface area contributed by atoms with Crippen LogP contribution in [0.4, 0.5) is 5.69 Å². The van der Waals surface area contributed by atoms with Crippen molar-refractivity contribution in [3.8, 4) is 5.75 Å². The fraction of sp³-hybridized carbons (Fsp3) is 0.500. The summed E-state index contributed by atoms with van der Waals surface area (Å²) >= 11 is 5.78. The molecule has 0 spiro atoms. The lowest BCUT2D eigenvalue weighted by Gasteiger charge is -2.14. The van der Waals surface area contributed by atoms with E-state index >= 15 is 0 Å². The number of hydrogen-bond acceptors (Lipinski definition) is 4. The van der Waals surface area contributed by atoms with Crippen LogP contribution in [-0.2, 0) is 4.79 Å². The Morgan fingerprint density at radius 1 is 1.48 bits per heavy atom. The van der Waals surface area contributed by atoms with E-state index in [0.717, 1.165) is 19.3 Å². The fourth-order valence-electron chi connectivity index (χ4n) is 1.70. The van der Waals surface area contributed by atoms with E-state index in [9.17, 15) is 14.9 Å².